The van der Waals surface area contributed by atoms with Gasteiger partial charge >= 0.3 is 5.97 Å². The van der Waals surface area contributed by atoms with Gasteiger partial charge in [-0.3, -0.25) is 28.4 Å². The summed E-state index contributed by atoms with van der Waals surface area (Å²) in [5, 5.41) is 30.6. The topological polar surface area (TPSA) is 258 Å². The summed E-state index contributed by atoms with van der Waals surface area (Å²) in [6.45, 7) is 18.5. The number of halogens is 3. The molecule has 2 saturated carbocycles. The van der Waals surface area contributed by atoms with Gasteiger partial charge in [0.15, 0.2) is 35.0 Å². The molecule has 384 valence electrons. The zero-order valence-corrected chi connectivity index (χ0v) is 45.6. The Morgan fingerprint density at radius 2 is 1.06 bits per heavy atom. The summed E-state index contributed by atoms with van der Waals surface area (Å²) in [6, 6.07) is 17.1. The number of rotatable bonds is 10. The fourth-order valence-corrected chi connectivity index (χ4v) is 11.0. The molecule has 0 spiro atoms. The summed E-state index contributed by atoms with van der Waals surface area (Å²) in [7, 11) is -2.20. The van der Waals surface area contributed by atoms with Crippen LogP contribution in [0.25, 0.3) is 11.6 Å². The largest absolute Gasteiger partial charge is 0.480 e. The number of aliphatic carboxylic acids is 1. The van der Waals surface area contributed by atoms with E-state index in [-0.39, 0.29) is 63.0 Å². The Labute approximate surface area is 429 Å². The SMILES string of the molecule is Cn1nc(C(C)(C)C)cc1-c1nnc(C2(S(=O)(=O)c3ccc(Cl)cc3)CC2)o1.Cn1nc(C(C)(C)C)cc1C(=O)CN.Cn1nc(C(C)(C)C)cc1C(=O)Cl.O=C(O)C1(S(=O)(=O)c2ccc(Cl)cc2)CC1. The molecule has 0 atom stereocenters. The highest BCUT2D eigenvalue weighted by Gasteiger charge is 2.62. The second-order valence-corrected chi connectivity index (χ2v) is 26.1. The number of carboxylic acid groups (broad SMARTS) is 1. The molecule has 4 heterocycles. The molecule has 0 bridgehead atoms. The maximum atomic E-state index is 13.2. The number of nitrogens with zero attached hydrogens (tertiary/aromatic N) is 8. The summed E-state index contributed by atoms with van der Waals surface area (Å²) < 4.78 is 58.3. The quantitative estimate of drug-likeness (QED) is 0.0962. The van der Waals surface area contributed by atoms with E-state index in [0.717, 1.165) is 17.1 Å². The minimum Gasteiger partial charge on any atom is -0.480 e. The molecule has 18 nitrogen and oxygen atoms in total. The highest BCUT2D eigenvalue weighted by atomic mass is 35.5. The summed E-state index contributed by atoms with van der Waals surface area (Å²) in [4.78, 5) is 33.5. The second kappa shape index (κ2) is 20.7. The number of nitrogens with two attached hydrogens (primary N) is 1. The third kappa shape index (κ3) is 12.3. The molecular weight excluding hydrogens is 1020 g/mol. The Balaban J connectivity index is 0.000000187. The van der Waals surface area contributed by atoms with Gasteiger partial charge in [0.05, 0.1) is 33.4 Å². The smallest absolute Gasteiger partial charge is 0.325 e. The van der Waals surface area contributed by atoms with Crippen LogP contribution >= 0.6 is 34.8 Å². The lowest BCUT2D eigenvalue weighted by Crippen LogP contribution is -2.32. The molecular formula is C48H60Cl3N9O9S2. The van der Waals surface area contributed by atoms with E-state index in [2.05, 4.69) is 67.0 Å². The van der Waals surface area contributed by atoms with E-state index in [4.69, 9.17) is 50.1 Å². The van der Waals surface area contributed by atoms with Crippen LogP contribution in [-0.4, -0.2) is 89.8 Å². The lowest BCUT2D eigenvalue weighted by atomic mass is 9.92. The van der Waals surface area contributed by atoms with Crippen molar-refractivity contribution in [3.05, 3.63) is 111 Å². The van der Waals surface area contributed by atoms with Gasteiger partial charge in [-0.25, -0.2) is 16.8 Å². The van der Waals surface area contributed by atoms with Crippen LogP contribution in [0.5, 0.6) is 0 Å². The number of sulfone groups is 2. The summed E-state index contributed by atoms with van der Waals surface area (Å²) in [5.41, 5.74) is 9.43. The van der Waals surface area contributed by atoms with Crippen molar-refractivity contribution in [3.63, 3.8) is 0 Å². The molecule has 23 heteroatoms. The summed E-state index contributed by atoms with van der Waals surface area (Å²) in [6.07, 6.45) is 1.23. The lowest BCUT2D eigenvalue weighted by Gasteiger charge is -2.13. The van der Waals surface area contributed by atoms with Gasteiger partial charge in [-0.1, -0.05) is 85.5 Å². The van der Waals surface area contributed by atoms with Gasteiger partial charge in [0.2, 0.25) is 5.89 Å². The molecule has 0 radical (unpaired) electrons. The molecule has 71 heavy (non-hydrogen) atoms. The second-order valence-electron chi connectivity index (χ2n) is 20.4. The highest BCUT2D eigenvalue weighted by Crippen LogP contribution is 2.55. The van der Waals surface area contributed by atoms with Gasteiger partial charge in [-0.2, -0.15) is 15.3 Å². The number of carbonyl (C=O) groups is 3. The van der Waals surface area contributed by atoms with Gasteiger partial charge < -0.3 is 15.3 Å². The first-order chi connectivity index (χ1) is 32.6. The Kier molecular flexibility index (Phi) is 16.5. The number of benzene rings is 2. The van der Waals surface area contributed by atoms with E-state index < -0.39 is 40.4 Å². The standard InChI is InChI=1S/C19H21ClN4O3S.C10H9ClO4S.C10H17N3O.C9H13ClN2O/c1-18(2,3)15-11-14(24(4)23-15)16-21-22-17(27-16)19(9-10-19)28(25,26)13-7-5-12(20)6-8-13;11-7-1-3-8(4-2-7)16(14,15)10(5-6-10)9(12)13;1-10(2,3)9-5-7(8(14)6-11)13(4)12-9;1-9(2,3)7-5-6(8(10)13)12(4)11-7/h5-8,11H,9-10H2,1-4H3;1-4H,5-6H2,(H,12,13);5H,6,11H2,1-4H3;5H,1-4H3. The molecule has 6 aromatic rings. The van der Waals surface area contributed by atoms with E-state index in [9.17, 15) is 31.2 Å². The monoisotopic (exact) mass is 1080 g/mol. The van der Waals surface area contributed by atoms with Crippen molar-refractivity contribution in [2.45, 2.75) is 124 Å². The number of Topliss-reactive ketones (excluding diaryl/α,β-unsaturated/α-hetero) is 1. The van der Waals surface area contributed by atoms with Crippen molar-refractivity contribution in [1.82, 2.24) is 39.5 Å². The van der Waals surface area contributed by atoms with Gasteiger partial charge in [0, 0.05) is 47.4 Å². The molecule has 0 aliphatic heterocycles. The summed E-state index contributed by atoms with van der Waals surface area (Å²) in [5.74, 6) is -0.966. The van der Waals surface area contributed by atoms with Gasteiger partial charge in [-0.15, -0.1) is 10.2 Å². The van der Waals surface area contributed by atoms with Crippen LogP contribution in [0.1, 0.15) is 132 Å². The Morgan fingerprint density at radius 3 is 1.41 bits per heavy atom. The zero-order valence-electron chi connectivity index (χ0n) is 41.7. The van der Waals surface area contributed by atoms with Crippen molar-refractivity contribution >= 4 is 71.5 Å². The van der Waals surface area contributed by atoms with Crippen LogP contribution in [0, 0.1) is 0 Å². The predicted octanol–water partition coefficient (Wildman–Crippen LogP) is 8.57. The van der Waals surface area contributed by atoms with E-state index in [1.165, 1.54) is 41.1 Å². The predicted molar refractivity (Wildman–Crippen MR) is 270 cm³/mol. The molecule has 0 unspecified atom stereocenters. The van der Waals surface area contributed by atoms with E-state index >= 15 is 0 Å². The van der Waals surface area contributed by atoms with Crippen LogP contribution in [-0.2, 0) is 66.6 Å². The first-order valence-corrected chi connectivity index (χ1v) is 26.4. The maximum Gasteiger partial charge on any atom is 0.325 e. The molecule has 2 aromatic carbocycles. The Hall–Kier alpha value is -5.25. The average molecular weight is 1080 g/mol. The third-order valence-electron chi connectivity index (χ3n) is 11.7. The molecule has 2 fully saturated rings. The number of hydrogen-bond donors (Lipinski definition) is 2. The number of carboxylic acids is 1. The molecule has 2 aliphatic rings. The number of ketones is 1. The number of aromatic nitrogens is 8. The van der Waals surface area contributed by atoms with Crippen LogP contribution in [0.2, 0.25) is 10.0 Å². The van der Waals surface area contributed by atoms with E-state index in [1.54, 1.807) is 48.7 Å². The molecule has 4 aromatic heterocycles. The van der Waals surface area contributed by atoms with Crippen molar-refractivity contribution in [1.29, 1.82) is 0 Å². The molecule has 0 saturated heterocycles. The Bertz CT molecular complexity index is 3150. The van der Waals surface area contributed by atoms with Crippen LogP contribution in [0.4, 0.5) is 0 Å². The Morgan fingerprint density at radius 1 is 0.648 bits per heavy atom. The molecule has 0 amide bonds. The zero-order chi connectivity index (χ0) is 53.4. The van der Waals surface area contributed by atoms with E-state index in [1.807, 2.05) is 32.9 Å². The number of aryl methyl sites for hydroxylation is 3. The normalized spacial score (nSPS) is 15.0. The van der Waals surface area contributed by atoms with Crippen LogP contribution in [0.15, 0.2) is 80.9 Å². The minimum atomic E-state index is -3.80. The van der Waals surface area contributed by atoms with Crippen molar-refractivity contribution in [3.8, 4) is 11.6 Å². The first kappa shape index (κ1) is 56.7. The van der Waals surface area contributed by atoms with E-state index in [0.29, 0.717) is 40.0 Å². The average Bonchev–Trinajstić information content (AvgIpc) is 4.05. The van der Waals surface area contributed by atoms with Crippen LogP contribution < -0.4 is 5.73 Å². The van der Waals surface area contributed by atoms with Crippen LogP contribution in [0.3, 0.4) is 0 Å². The van der Waals surface area contributed by atoms with Gasteiger partial charge in [-0.05, 0) is 104 Å². The number of carbonyl (C=O) groups excluding carboxylic acids is 2. The highest BCUT2D eigenvalue weighted by molar-refractivity contribution is 7.94. The van der Waals surface area contributed by atoms with Crippen molar-refractivity contribution in [2.75, 3.05) is 6.54 Å². The molecule has 3 N–H and O–H groups in total. The van der Waals surface area contributed by atoms with Crippen molar-refractivity contribution in [2.24, 2.45) is 26.9 Å². The number of hydrogen-bond acceptors (Lipinski definition) is 14. The third-order valence-corrected chi connectivity index (χ3v) is 17.4. The fraction of sp³-hybridized carbons (Fsp3) is 0.458. The maximum absolute atomic E-state index is 13.2. The van der Waals surface area contributed by atoms with Crippen molar-refractivity contribution < 1.29 is 40.7 Å². The minimum absolute atomic E-state index is 0.0109. The molecule has 8 rings (SSSR count). The lowest BCUT2D eigenvalue weighted by molar-refractivity contribution is -0.137. The first-order valence-electron chi connectivity index (χ1n) is 22.3. The van der Waals surface area contributed by atoms with Gasteiger partial charge in [0.25, 0.3) is 11.1 Å². The summed E-state index contributed by atoms with van der Waals surface area (Å²) >= 11 is 16.9. The fourth-order valence-electron chi connectivity index (χ4n) is 6.86. The molecule has 2 aliphatic carbocycles. The van der Waals surface area contributed by atoms with Gasteiger partial charge in [0.1, 0.15) is 17.1 Å².